The molecular weight excluding hydrogens is 284 g/mol. The molecule has 1 N–H and O–H groups in total. The summed E-state index contributed by atoms with van der Waals surface area (Å²) in [6.45, 7) is 5.37. The van der Waals surface area contributed by atoms with E-state index in [0.717, 1.165) is 11.3 Å². The fraction of sp³-hybridized carbons (Fsp3) is 0.438. The number of rotatable bonds is 4. The van der Waals surface area contributed by atoms with Crippen LogP contribution < -0.4 is 4.90 Å². The highest BCUT2D eigenvalue weighted by Crippen LogP contribution is 2.29. The van der Waals surface area contributed by atoms with Gasteiger partial charge in [0.2, 0.25) is 5.91 Å². The van der Waals surface area contributed by atoms with Crippen LogP contribution in [-0.2, 0) is 16.0 Å². The van der Waals surface area contributed by atoms with Crippen molar-refractivity contribution in [3.8, 4) is 0 Å². The standard InChI is InChI=1S/C16H20N2O4/c1-10(2)18(9-15(20)21)16(22)13-4-5-14-12(8-13)6-7-17(14)11(3)19/h4-5,8,10H,6-7,9H2,1-3H3,(H,20,21). The summed E-state index contributed by atoms with van der Waals surface area (Å²) in [5, 5.41) is 8.94. The van der Waals surface area contributed by atoms with Gasteiger partial charge in [0.25, 0.3) is 5.91 Å². The Hall–Kier alpha value is -2.37. The Morgan fingerprint density at radius 2 is 2.00 bits per heavy atom. The zero-order valence-corrected chi connectivity index (χ0v) is 13.0. The van der Waals surface area contributed by atoms with E-state index in [1.165, 1.54) is 11.8 Å². The molecule has 118 valence electrons. The number of hydrogen-bond donors (Lipinski definition) is 1. The lowest BCUT2D eigenvalue weighted by molar-refractivity contribution is -0.138. The lowest BCUT2D eigenvalue weighted by atomic mass is 10.1. The molecule has 1 aliphatic rings. The monoisotopic (exact) mass is 304 g/mol. The summed E-state index contributed by atoms with van der Waals surface area (Å²) < 4.78 is 0. The second-order valence-corrected chi connectivity index (χ2v) is 5.68. The van der Waals surface area contributed by atoms with Crippen molar-refractivity contribution in [3.05, 3.63) is 29.3 Å². The minimum atomic E-state index is -1.04. The molecule has 0 unspecified atom stereocenters. The molecule has 22 heavy (non-hydrogen) atoms. The third-order valence-corrected chi connectivity index (χ3v) is 3.79. The molecule has 2 amide bonds. The molecule has 0 aromatic heterocycles. The van der Waals surface area contributed by atoms with Gasteiger partial charge in [0.15, 0.2) is 0 Å². The van der Waals surface area contributed by atoms with Gasteiger partial charge < -0.3 is 14.9 Å². The van der Waals surface area contributed by atoms with Crippen molar-refractivity contribution in [1.82, 2.24) is 4.90 Å². The Kier molecular flexibility index (Phi) is 4.49. The summed E-state index contributed by atoms with van der Waals surface area (Å²) in [7, 11) is 0. The van der Waals surface area contributed by atoms with Crippen molar-refractivity contribution in [3.63, 3.8) is 0 Å². The molecule has 0 radical (unpaired) electrons. The third-order valence-electron chi connectivity index (χ3n) is 3.79. The molecule has 2 rings (SSSR count). The molecule has 0 aliphatic carbocycles. The van der Waals surface area contributed by atoms with Gasteiger partial charge >= 0.3 is 5.97 Å². The number of aliphatic carboxylic acids is 1. The third kappa shape index (κ3) is 3.10. The minimum absolute atomic E-state index is 0.0208. The first-order chi connectivity index (χ1) is 10.3. The van der Waals surface area contributed by atoms with Crippen molar-refractivity contribution < 1.29 is 19.5 Å². The maximum atomic E-state index is 12.5. The van der Waals surface area contributed by atoms with E-state index in [2.05, 4.69) is 0 Å². The zero-order valence-electron chi connectivity index (χ0n) is 13.0. The van der Waals surface area contributed by atoms with Crippen LogP contribution >= 0.6 is 0 Å². The van der Waals surface area contributed by atoms with Crippen LogP contribution in [0.25, 0.3) is 0 Å². The van der Waals surface area contributed by atoms with Crippen LogP contribution in [0.5, 0.6) is 0 Å². The first kappa shape index (κ1) is 16.0. The summed E-state index contributed by atoms with van der Waals surface area (Å²) in [4.78, 5) is 38.0. The van der Waals surface area contributed by atoms with Gasteiger partial charge in [-0.1, -0.05) is 0 Å². The van der Waals surface area contributed by atoms with E-state index in [9.17, 15) is 14.4 Å². The highest BCUT2D eigenvalue weighted by molar-refractivity contribution is 5.98. The van der Waals surface area contributed by atoms with E-state index in [1.807, 2.05) is 0 Å². The van der Waals surface area contributed by atoms with Crippen LogP contribution in [0.2, 0.25) is 0 Å². The number of benzene rings is 1. The molecule has 6 nitrogen and oxygen atoms in total. The SMILES string of the molecule is CC(=O)N1CCc2cc(C(=O)N(CC(=O)O)C(C)C)ccc21. The fourth-order valence-electron chi connectivity index (χ4n) is 2.66. The van der Waals surface area contributed by atoms with E-state index >= 15 is 0 Å². The predicted molar refractivity (Wildman–Crippen MR) is 82.0 cm³/mol. The number of hydrogen-bond acceptors (Lipinski definition) is 3. The molecule has 0 saturated carbocycles. The molecule has 1 aromatic carbocycles. The summed E-state index contributed by atoms with van der Waals surface area (Å²) in [6.07, 6.45) is 0.705. The number of anilines is 1. The van der Waals surface area contributed by atoms with E-state index < -0.39 is 5.97 Å². The summed E-state index contributed by atoms with van der Waals surface area (Å²) >= 11 is 0. The highest BCUT2D eigenvalue weighted by atomic mass is 16.4. The molecule has 0 bridgehead atoms. The summed E-state index contributed by atoms with van der Waals surface area (Å²) in [5.74, 6) is -1.36. The van der Waals surface area contributed by atoms with Gasteiger partial charge in [-0.15, -0.1) is 0 Å². The molecule has 1 aromatic rings. The zero-order chi connectivity index (χ0) is 16.4. The maximum absolute atomic E-state index is 12.5. The van der Waals surface area contributed by atoms with Gasteiger partial charge in [-0.25, -0.2) is 0 Å². The van der Waals surface area contributed by atoms with E-state index in [1.54, 1.807) is 36.9 Å². The number of carbonyl (C=O) groups excluding carboxylic acids is 2. The molecule has 1 aliphatic heterocycles. The number of carboxylic acid groups (broad SMARTS) is 1. The van der Waals surface area contributed by atoms with E-state index in [0.29, 0.717) is 18.5 Å². The normalized spacial score (nSPS) is 13.2. The van der Waals surface area contributed by atoms with Crippen LogP contribution in [0.15, 0.2) is 18.2 Å². The van der Waals surface area contributed by atoms with Crippen LogP contribution in [-0.4, -0.2) is 46.9 Å². The first-order valence-corrected chi connectivity index (χ1v) is 7.25. The van der Waals surface area contributed by atoms with Crippen molar-refractivity contribution in [2.24, 2.45) is 0 Å². The molecule has 6 heteroatoms. The van der Waals surface area contributed by atoms with Crippen molar-refractivity contribution in [1.29, 1.82) is 0 Å². The number of nitrogens with zero attached hydrogens (tertiary/aromatic N) is 2. The Morgan fingerprint density at radius 3 is 2.55 bits per heavy atom. The lowest BCUT2D eigenvalue weighted by Gasteiger charge is -2.25. The topological polar surface area (TPSA) is 77.9 Å². The van der Waals surface area contributed by atoms with Crippen molar-refractivity contribution >= 4 is 23.5 Å². The molecular formula is C16H20N2O4. The van der Waals surface area contributed by atoms with Gasteiger partial charge in [-0.3, -0.25) is 14.4 Å². The second-order valence-electron chi connectivity index (χ2n) is 5.68. The molecule has 0 spiro atoms. The number of carboxylic acids is 1. The van der Waals surface area contributed by atoms with E-state index in [4.69, 9.17) is 5.11 Å². The van der Waals surface area contributed by atoms with Gasteiger partial charge in [-0.05, 0) is 44.0 Å². The van der Waals surface area contributed by atoms with Crippen LogP contribution in [0.1, 0.15) is 36.7 Å². The second kappa shape index (κ2) is 6.17. The van der Waals surface area contributed by atoms with Crippen LogP contribution in [0, 0.1) is 0 Å². The summed E-state index contributed by atoms with van der Waals surface area (Å²) in [5.41, 5.74) is 2.23. The lowest BCUT2D eigenvalue weighted by Crippen LogP contribution is -2.40. The Labute approximate surface area is 129 Å². The molecule has 0 atom stereocenters. The Bertz CT molecular complexity index is 625. The smallest absolute Gasteiger partial charge is 0.323 e. The van der Waals surface area contributed by atoms with Crippen LogP contribution in [0.4, 0.5) is 5.69 Å². The van der Waals surface area contributed by atoms with Gasteiger partial charge in [-0.2, -0.15) is 0 Å². The average Bonchev–Trinajstić information content (AvgIpc) is 2.86. The Morgan fingerprint density at radius 1 is 1.32 bits per heavy atom. The summed E-state index contributed by atoms with van der Waals surface area (Å²) in [6, 6.07) is 4.97. The first-order valence-electron chi connectivity index (χ1n) is 7.25. The number of amides is 2. The maximum Gasteiger partial charge on any atom is 0.323 e. The van der Waals surface area contributed by atoms with Crippen LogP contribution in [0.3, 0.4) is 0 Å². The van der Waals surface area contributed by atoms with Gasteiger partial charge in [0.1, 0.15) is 6.54 Å². The van der Waals surface area contributed by atoms with Gasteiger partial charge in [0.05, 0.1) is 0 Å². The Balaban J connectivity index is 2.28. The highest BCUT2D eigenvalue weighted by Gasteiger charge is 2.26. The molecule has 0 fully saturated rings. The number of carbonyl (C=O) groups is 3. The predicted octanol–water partition coefficient (Wildman–Crippen LogP) is 1.53. The quantitative estimate of drug-likeness (QED) is 0.915. The van der Waals surface area contributed by atoms with Gasteiger partial charge in [0, 0.05) is 30.8 Å². The minimum Gasteiger partial charge on any atom is -0.480 e. The van der Waals surface area contributed by atoms with Crippen molar-refractivity contribution in [2.45, 2.75) is 33.2 Å². The number of fused-ring (bicyclic) bond motifs is 1. The average molecular weight is 304 g/mol. The molecule has 1 heterocycles. The van der Waals surface area contributed by atoms with E-state index in [-0.39, 0.29) is 24.4 Å². The largest absolute Gasteiger partial charge is 0.480 e. The van der Waals surface area contributed by atoms with Crippen molar-refractivity contribution in [2.75, 3.05) is 18.0 Å². The fourth-order valence-corrected chi connectivity index (χ4v) is 2.66. The molecule has 0 saturated heterocycles.